The first-order valence-corrected chi connectivity index (χ1v) is 2.94. The third kappa shape index (κ3) is 3.20. The monoisotopic (exact) mass is 156 g/mol. The highest BCUT2D eigenvalue weighted by Crippen LogP contribution is 1.85. The van der Waals surface area contributed by atoms with Crippen LogP contribution < -0.4 is 0 Å². The Labute approximate surface area is 64.2 Å². The molecule has 0 aromatic rings. The lowest BCUT2D eigenvalue weighted by Gasteiger charge is -2.00. The molecule has 0 heterocycles. The van der Waals surface area contributed by atoms with Crippen LogP contribution in [0.4, 0.5) is 0 Å². The Hall–Kier alpha value is -1.57. The van der Waals surface area contributed by atoms with Gasteiger partial charge >= 0.3 is 11.9 Å². The molecule has 0 N–H and O–H groups in total. The fourth-order valence-corrected chi connectivity index (χ4v) is 0.406. The molecule has 0 amide bonds. The van der Waals surface area contributed by atoms with E-state index < -0.39 is 5.97 Å². The molecule has 60 valence electrons. The lowest BCUT2D eigenvalue weighted by Crippen LogP contribution is -2.18. The minimum absolute atomic E-state index is 0.273. The van der Waals surface area contributed by atoms with Crippen LogP contribution in [0.1, 0.15) is 6.92 Å². The molecular weight excluding hydrogens is 148 g/mol. The summed E-state index contributed by atoms with van der Waals surface area (Å²) in [5, 5.41) is 8.08. The molecule has 0 aromatic heterocycles. The first kappa shape index (κ1) is 9.43. The molecule has 0 aromatic carbocycles. The first-order chi connectivity index (χ1) is 5.26. The van der Waals surface area contributed by atoms with Gasteiger partial charge < -0.3 is 9.47 Å². The molecule has 0 aliphatic rings. The van der Waals surface area contributed by atoms with Gasteiger partial charge in [-0.15, -0.1) is 4.99 Å². The molecular formula is C6H8N2O3. The second-order valence-corrected chi connectivity index (χ2v) is 1.44. The zero-order chi connectivity index (χ0) is 8.69. The van der Waals surface area contributed by atoms with Crippen molar-refractivity contribution in [3.63, 3.8) is 0 Å². The Morgan fingerprint density at radius 1 is 1.73 bits per heavy atom. The normalized spacial score (nSPS) is 10.1. The molecule has 5 heteroatoms. The summed E-state index contributed by atoms with van der Waals surface area (Å²) in [6.07, 6.45) is 1.43. The van der Waals surface area contributed by atoms with E-state index in [-0.39, 0.29) is 12.5 Å². The third-order valence-corrected chi connectivity index (χ3v) is 0.793. The van der Waals surface area contributed by atoms with Crippen molar-refractivity contribution in [2.75, 3.05) is 13.7 Å². The van der Waals surface area contributed by atoms with Crippen LogP contribution in [0.5, 0.6) is 0 Å². The molecule has 0 aliphatic carbocycles. The Bertz CT molecular complexity index is 204. The molecule has 0 fully saturated rings. The van der Waals surface area contributed by atoms with Crippen LogP contribution in [-0.4, -0.2) is 25.6 Å². The van der Waals surface area contributed by atoms with Crippen molar-refractivity contribution in [1.82, 2.24) is 0 Å². The number of carbonyl (C=O) groups is 1. The molecule has 0 rings (SSSR count). The predicted molar refractivity (Wildman–Crippen MR) is 36.7 cm³/mol. The zero-order valence-corrected chi connectivity index (χ0v) is 6.33. The van der Waals surface area contributed by atoms with Crippen molar-refractivity contribution in [3.05, 3.63) is 0 Å². The van der Waals surface area contributed by atoms with E-state index in [2.05, 4.69) is 14.5 Å². The molecule has 11 heavy (non-hydrogen) atoms. The summed E-state index contributed by atoms with van der Waals surface area (Å²) >= 11 is 0. The van der Waals surface area contributed by atoms with E-state index in [4.69, 9.17) is 5.26 Å². The SMILES string of the molecule is CCOC(=NC#N)C(=O)OC. The minimum Gasteiger partial charge on any atom is -0.472 e. The van der Waals surface area contributed by atoms with Gasteiger partial charge in [-0.1, -0.05) is 0 Å². The van der Waals surface area contributed by atoms with Crippen LogP contribution in [0, 0.1) is 11.5 Å². The summed E-state index contributed by atoms with van der Waals surface area (Å²) in [7, 11) is 1.19. The van der Waals surface area contributed by atoms with Gasteiger partial charge in [-0.25, -0.2) is 4.79 Å². The fourth-order valence-electron chi connectivity index (χ4n) is 0.406. The molecule has 0 radical (unpaired) electrons. The Balaban J connectivity index is 4.24. The molecule has 0 unspecified atom stereocenters. The van der Waals surface area contributed by atoms with Crippen LogP contribution in [0.15, 0.2) is 4.99 Å². The molecule has 0 aliphatic heterocycles. The number of aliphatic imine (C=N–C) groups is 1. The van der Waals surface area contributed by atoms with E-state index in [0.29, 0.717) is 0 Å². The highest BCUT2D eigenvalue weighted by Gasteiger charge is 2.11. The van der Waals surface area contributed by atoms with Crippen LogP contribution in [0.25, 0.3) is 0 Å². The van der Waals surface area contributed by atoms with Gasteiger partial charge in [0.2, 0.25) is 6.19 Å². The number of rotatable bonds is 1. The molecule has 5 nitrogen and oxygen atoms in total. The first-order valence-electron chi connectivity index (χ1n) is 2.94. The topological polar surface area (TPSA) is 71.7 Å². The van der Waals surface area contributed by atoms with Crippen molar-refractivity contribution in [3.8, 4) is 6.19 Å². The van der Waals surface area contributed by atoms with Crippen molar-refractivity contribution in [2.45, 2.75) is 6.92 Å². The van der Waals surface area contributed by atoms with Gasteiger partial charge in [0, 0.05) is 0 Å². The quantitative estimate of drug-likeness (QED) is 0.233. The minimum atomic E-state index is -0.742. The molecule has 0 bridgehead atoms. The van der Waals surface area contributed by atoms with E-state index in [0.717, 1.165) is 0 Å². The number of nitrogens with zero attached hydrogens (tertiary/aromatic N) is 2. The van der Waals surface area contributed by atoms with Crippen molar-refractivity contribution >= 4 is 11.9 Å². The molecule has 0 spiro atoms. The Morgan fingerprint density at radius 3 is 2.73 bits per heavy atom. The van der Waals surface area contributed by atoms with E-state index in [1.807, 2.05) is 0 Å². The average molecular weight is 156 g/mol. The Morgan fingerprint density at radius 2 is 2.36 bits per heavy atom. The van der Waals surface area contributed by atoms with Crippen molar-refractivity contribution in [1.29, 1.82) is 5.26 Å². The summed E-state index contributed by atoms with van der Waals surface area (Å²) in [5.41, 5.74) is 0. The number of ether oxygens (including phenoxy) is 2. The number of esters is 1. The highest BCUT2D eigenvalue weighted by atomic mass is 16.6. The maximum Gasteiger partial charge on any atom is 0.394 e. The van der Waals surface area contributed by atoms with Crippen LogP contribution in [-0.2, 0) is 14.3 Å². The summed E-state index contributed by atoms with van der Waals surface area (Å²) in [6, 6.07) is 0. The van der Waals surface area contributed by atoms with Crippen LogP contribution in [0.2, 0.25) is 0 Å². The third-order valence-electron chi connectivity index (χ3n) is 0.793. The second-order valence-electron chi connectivity index (χ2n) is 1.44. The molecule has 0 saturated carbocycles. The summed E-state index contributed by atoms with van der Waals surface area (Å²) in [5.74, 6) is -1.05. The second kappa shape index (κ2) is 5.23. The maximum absolute atomic E-state index is 10.7. The number of methoxy groups -OCH3 is 1. The largest absolute Gasteiger partial charge is 0.472 e. The van der Waals surface area contributed by atoms with Gasteiger partial charge in [0.25, 0.3) is 0 Å². The predicted octanol–water partition coefficient (Wildman–Crippen LogP) is 0.0755. The van der Waals surface area contributed by atoms with Gasteiger partial charge in [-0.3, -0.25) is 0 Å². The van der Waals surface area contributed by atoms with Crippen LogP contribution in [0.3, 0.4) is 0 Å². The van der Waals surface area contributed by atoms with Crippen molar-refractivity contribution in [2.24, 2.45) is 4.99 Å². The average Bonchev–Trinajstić information content (AvgIpc) is 2.03. The Kier molecular flexibility index (Phi) is 4.49. The highest BCUT2D eigenvalue weighted by molar-refractivity contribution is 6.32. The van der Waals surface area contributed by atoms with Gasteiger partial charge in [-0.2, -0.15) is 5.26 Å². The van der Waals surface area contributed by atoms with Gasteiger partial charge in [0.05, 0.1) is 13.7 Å². The van der Waals surface area contributed by atoms with E-state index in [1.165, 1.54) is 13.3 Å². The standard InChI is InChI=1S/C6H8N2O3/c1-3-11-5(8-4-7)6(9)10-2/h3H2,1-2H3. The number of nitriles is 1. The number of carbonyl (C=O) groups excluding carboxylic acids is 1. The van der Waals surface area contributed by atoms with E-state index in [1.54, 1.807) is 6.92 Å². The fraction of sp³-hybridized carbons (Fsp3) is 0.500. The number of hydrogen-bond acceptors (Lipinski definition) is 5. The number of hydrogen-bond donors (Lipinski definition) is 0. The smallest absolute Gasteiger partial charge is 0.394 e. The molecule has 0 atom stereocenters. The van der Waals surface area contributed by atoms with Gasteiger partial charge in [0.1, 0.15) is 0 Å². The molecule has 0 saturated heterocycles. The maximum atomic E-state index is 10.7. The zero-order valence-electron chi connectivity index (χ0n) is 6.33. The lowest BCUT2D eigenvalue weighted by atomic mass is 10.6. The van der Waals surface area contributed by atoms with E-state index in [9.17, 15) is 4.79 Å². The van der Waals surface area contributed by atoms with Crippen LogP contribution >= 0.6 is 0 Å². The van der Waals surface area contributed by atoms with Gasteiger partial charge in [0.15, 0.2) is 0 Å². The van der Waals surface area contributed by atoms with E-state index >= 15 is 0 Å². The summed E-state index contributed by atoms with van der Waals surface area (Å²) in [6.45, 7) is 1.95. The van der Waals surface area contributed by atoms with Crippen molar-refractivity contribution < 1.29 is 14.3 Å². The summed E-state index contributed by atoms with van der Waals surface area (Å²) < 4.78 is 8.96. The lowest BCUT2D eigenvalue weighted by molar-refractivity contribution is -0.134. The summed E-state index contributed by atoms with van der Waals surface area (Å²) in [4.78, 5) is 13.8. The van der Waals surface area contributed by atoms with Gasteiger partial charge in [-0.05, 0) is 6.92 Å².